The molecule has 17 heavy (non-hydrogen) atoms. The average Bonchev–Trinajstić information content (AvgIpc) is 2.68. The van der Waals surface area contributed by atoms with Crippen LogP contribution in [0.5, 0.6) is 0 Å². The van der Waals surface area contributed by atoms with Crippen molar-refractivity contribution in [1.82, 2.24) is 0 Å². The van der Waals surface area contributed by atoms with E-state index in [-0.39, 0.29) is 6.54 Å². The lowest BCUT2D eigenvalue weighted by atomic mass is 10.1. The first-order valence-corrected chi connectivity index (χ1v) is 5.13. The van der Waals surface area contributed by atoms with Crippen LogP contribution in [0.25, 0.3) is 0 Å². The van der Waals surface area contributed by atoms with E-state index in [4.69, 9.17) is 10.2 Å². The van der Waals surface area contributed by atoms with Gasteiger partial charge in [-0.15, -0.1) is 0 Å². The van der Waals surface area contributed by atoms with E-state index >= 15 is 0 Å². The Hall–Kier alpha value is -2.24. The number of anilines is 2. The van der Waals surface area contributed by atoms with Crippen molar-refractivity contribution in [3.05, 3.63) is 24.3 Å². The van der Waals surface area contributed by atoms with Crippen LogP contribution in [0, 0.1) is 5.92 Å². The van der Waals surface area contributed by atoms with Crippen molar-refractivity contribution in [2.45, 2.75) is 0 Å². The fraction of sp³-hybridized carbons (Fsp3) is 0.273. The third-order valence-corrected chi connectivity index (χ3v) is 2.70. The van der Waals surface area contributed by atoms with Crippen LogP contribution >= 0.6 is 0 Å². The summed E-state index contributed by atoms with van der Waals surface area (Å²) in [5.41, 5.74) is 1.72. The summed E-state index contributed by atoms with van der Waals surface area (Å²) >= 11 is 0. The molecule has 0 bridgehead atoms. The summed E-state index contributed by atoms with van der Waals surface area (Å²) in [6.07, 6.45) is 0. The molecule has 2 rings (SSSR count). The molecule has 3 N–H and O–H groups in total. The molecule has 1 heterocycles. The molecule has 1 aliphatic rings. The van der Waals surface area contributed by atoms with Gasteiger partial charge in [0.15, 0.2) is 5.92 Å². The molecule has 0 aliphatic carbocycles. The molecule has 1 aromatic rings. The lowest BCUT2D eigenvalue weighted by molar-refractivity contribution is -0.153. The van der Waals surface area contributed by atoms with Crippen LogP contribution in [0.1, 0.15) is 0 Å². The van der Waals surface area contributed by atoms with Crippen molar-refractivity contribution >= 4 is 23.3 Å². The van der Waals surface area contributed by atoms with Crippen LogP contribution < -0.4 is 10.2 Å². The van der Waals surface area contributed by atoms with Gasteiger partial charge in [-0.1, -0.05) is 12.1 Å². The van der Waals surface area contributed by atoms with Crippen LogP contribution in [0.4, 0.5) is 11.4 Å². The molecule has 0 amide bonds. The van der Waals surface area contributed by atoms with E-state index in [9.17, 15) is 9.59 Å². The first-order chi connectivity index (χ1) is 8.09. The largest absolute Gasteiger partial charge is 0.481 e. The van der Waals surface area contributed by atoms with Crippen molar-refractivity contribution in [2.24, 2.45) is 5.92 Å². The summed E-state index contributed by atoms with van der Waals surface area (Å²) in [6, 6.07) is 7.39. The molecule has 0 atom stereocenters. The molecular formula is C11H12N2O4. The van der Waals surface area contributed by atoms with Gasteiger partial charge in [-0.05, 0) is 12.1 Å². The molecule has 1 aromatic carbocycles. The zero-order valence-corrected chi connectivity index (χ0v) is 8.96. The minimum Gasteiger partial charge on any atom is -0.481 e. The Morgan fingerprint density at radius 1 is 1.29 bits per heavy atom. The number of hydrogen-bond donors (Lipinski definition) is 3. The molecule has 1 aliphatic heterocycles. The number of aliphatic carboxylic acids is 2. The fourth-order valence-electron chi connectivity index (χ4n) is 1.81. The lowest BCUT2D eigenvalue weighted by Crippen LogP contribution is -2.37. The quantitative estimate of drug-likeness (QED) is 0.665. The molecule has 0 spiro atoms. The van der Waals surface area contributed by atoms with Crippen molar-refractivity contribution in [1.29, 1.82) is 0 Å². The Morgan fingerprint density at radius 3 is 2.59 bits per heavy atom. The van der Waals surface area contributed by atoms with Gasteiger partial charge in [0.1, 0.15) is 0 Å². The molecular weight excluding hydrogens is 224 g/mol. The predicted molar refractivity (Wildman–Crippen MR) is 61.0 cm³/mol. The second kappa shape index (κ2) is 4.32. The Bertz CT molecular complexity index is 447. The molecule has 0 saturated carbocycles. The maximum absolute atomic E-state index is 10.8. The maximum Gasteiger partial charge on any atom is 0.319 e. The lowest BCUT2D eigenvalue weighted by Gasteiger charge is -2.20. The third kappa shape index (κ3) is 2.15. The topological polar surface area (TPSA) is 89.9 Å². The molecule has 6 nitrogen and oxygen atoms in total. The number of benzene rings is 1. The van der Waals surface area contributed by atoms with E-state index in [1.54, 1.807) is 4.90 Å². The maximum atomic E-state index is 10.8. The van der Waals surface area contributed by atoms with Crippen LogP contribution in [-0.4, -0.2) is 35.4 Å². The van der Waals surface area contributed by atoms with Crippen LogP contribution in [-0.2, 0) is 9.59 Å². The van der Waals surface area contributed by atoms with E-state index in [1.807, 2.05) is 24.3 Å². The zero-order valence-electron chi connectivity index (χ0n) is 8.96. The number of nitrogens with zero attached hydrogens (tertiary/aromatic N) is 1. The highest BCUT2D eigenvalue weighted by Gasteiger charge is 2.30. The minimum atomic E-state index is -1.41. The summed E-state index contributed by atoms with van der Waals surface area (Å²) in [5, 5.41) is 20.7. The number of nitrogens with one attached hydrogen (secondary N) is 1. The number of fused-ring (bicyclic) bond motifs is 1. The van der Waals surface area contributed by atoms with Gasteiger partial charge < -0.3 is 20.4 Å². The molecule has 6 heteroatoms. The second-order valence-corrected chi connectivity index (χ2v) is 3.80. The number of para-hydroxylation sites is 2. The summed E-state index contributed by atoms with van der Waals surface area (Å²) in [4.78, 5) is 23.3. The summed E-state index contributed by atoms with van der Waals surface area (Å²) < 4.78 is 0. The number of hydrogen-bond acceptors (Lipinski definition) is 4. The minimum absolute atomic E-state index is 0.0469. The summed E-state index contributed by atoms with van der Waals surface area (Å²) in [7, 11) is 0. The standard InChI is InChI=1S/C11H12N2O4/c14-10(15)7(11(16)17)5-13-6-12-8-3-1-2-4-9(8)13/h1-4,7,12H,5-6H2,(H,14,15)(H,16,17). The average molecular weight is 236 g/mol. The van der Waals surface area contributed by atoms with Gasteiger partial charge in [0.25, 0.3) is 0 Å². The highest BCUT2D eigenvalue weighted by Crippen LogP contribution is 2.30. The molecule has 0 saturated heterocycles. The van der Waals surface area contributed by atoms with Gasteiger partial charge in [-0.2, -0.15) is 0 Å². The van der Waals surface area contributed by atoms with Gasteiger partial charge in [0.2, 0.25) is 0 Å². The van der Waals surface area contributed by atoms with Crippen LogP contribution in [0.15, 0.2) is 24.3 Å². The number of carboxylic acid groups (broad SMARTS) is 2. The Morgan fingerprint density at radius 2 is 1.94 bits per heavy atom. The van der Waals surface area contributed by atoms with Crippen LogP contribution in [0.2, 0.25) is 0 Å². The van der Waals surface area contributed by atoms with Crippen LogP contribution in [0.3, 0.4) is 0 Å². The molecule has 90 valence electrons. The number of carbonyl (C=O) groups is 2. The number of carboxylic acids is 2. The van der Waals surface area contributed by atoms with E-state index in [0.717, 1.165) is 11.4 Å². The van der Waals surface area contributed by atoms with Crippen molar-refractivity contribution < 1.29 is 19.8 Å². The van der Waals surface area contributed by atoms with Gasteiger partial charge in [0.05, 0.1) is 18.0 Å². The van der Waals surface area contributed by atoms with Crippen molar-refractivity contribution in [3.63, 3.8) is 0 Å². The van der Waals surface area contributed by atoms with Gasteiger partial charge in [-0.3, -0.25) is 9.59 Å². The summed E-state index contributed by atoms with van der Waals surface area (Å²) in [5.74, 6) is -4.05. The highest BCUT2D eigenvalue weighted by molar-refractivity contribution is 5.94. The zero-order chi connectivity index (χ0) is 12.4. The highest BCUT2D eigenvalue weighted by atomic mass is 16.4. The van der Waals surface area contributed by atoms with Gasteiger partial charge in [-0.25, -0.2) is 0 Å². The third-order valence-electron chi connectivity index (χ3n) is 2.70. The van der Waals surface area contributed by atoms with Crippen molar-refractivity contribution in [3.8, 4) is 0 Å². The normalized spacial score (nSPS) is 13.4. The van der Waals surface area contributed by atoms with E-state index in [2.05, 4.69) is 5.32 Å². The van der Waals surface area contributed by atoms with Gasteiger partial charge >= 0.3 is 11.9 Å². The van der Waals surface area contributed by atoms with E-state index in [0.29, 0.717) is 6.67 Å². The molecule has 0 radical (unpaired) electrons. The molecule has 0 unspecified atom stereocenters. The predicted octanol–water partition coefficient (Wildman–Crippen LogP) is 0.661. The van der Waals surface area contributed by atoms with E-state index in [1.165, 1.54) is 0 Å². The number of rotatable bonds is 4. The SMILES string of the molecule is O=C(O)C(CN1CNc2ccccc21)C(=O)O. The van der Waals surface area contributed by atoms with E-state index < -0.39 is 17.9 Å². The Labute approximate surface area is 97.5 Å². The fourth-order valence-corrected chi connectivity index (χ4v) is 1.81. The van der Waals surface area contributed by atoms with Crippen molar-refractivity contribution in [2.75, 3.05) is 23.4 Å². The molecule has 0 fully saturated rings. The summed E-state index contributed by atoms with van der Waals surface area (Å²) in [6.45, 7) is 0.380. The first-order valence-electron chi connectivity index (χ1n) is 5.13. The first kappa shape index (κ1) is 11.3. The molecule has 0 aromatic heterocycles. The van der Waals surface area contributed by atoms with Gasteiger partial charge in [0, 0.05) is 6.54 Å². The smallest absolute Gasteiger partial charge is 0.319 e. The monoisotopic (exact) mass is 236 g/mol. The Kier molecular flexibility index (Phi) is 2.86. The second-order valence-electron chi connectivity index (χ2n) is 3.80. The Balaban J connectivity index is 2.16.